The molecule has 5 heteroatoms. The van der Waals surface area contributed by atoms with Gasteiger partial charge in [-0.25, -0.2) is 0 Å². The predicted molar refractivity (Wildman–Crippen MR) is 68.3 cm³/mol. The van der Waals surface area contributed by atoms with Crippen LogP contribution in [-0.2, 0) is 11.3 Å². The highest BCUT2D eigenvalue weighted by molar-refractivity contribution is 9.10. The molecule has 0 amide bonds. The molecule has 1 saturated carbocycles. The van der Waals surface area contributed by atoms with Gasteiger partial charge in [-0.2, -0.15) is 0 Å². The quantitative estimate of drug-likeness (QED) is 0.681. The maximum Gasteiger partial charge on any atom is 0.0824 e. The molecule has 3 nitrogen and oxygen atoms in total. The van der Waals surface area contributed by atoms with Gasteiger partial charge in [-0.15, -0.1) is 11.3 Å². The van der Waals surface area contributed by atoms with Gasteiger partial charge in [-0.3, -0.25) is 0 Å². The fourth-order valence-electron chi connectivity index (χ4n) is 1.81. The molecule has 1 N–H and O–H groups in total. The van der Waals surface area contributed by atoms with Crippen LogP contribution in [0.25, 0.3) is 0 Å². The van der Waals surface area contributed by atoms with E-state index in [0.717, 1.165) is 35.9 Å². The van der Waals surface area contributed by atoms with Crippen molar-refractivity contribution in [1.29, 1.82) is 0 Å². The molecule has 0 atom stereocenters. The lowest BCUT2D eigenvalue weighted by atomic mass is 9.96. The van der Waals surface area contributed by atoms with E-state index in [2.05, 4.69) is 26.5 Å². The fourth-order valence-corrected chi connectivity index (χ4v) is 3.20. The van der Waals surface area contributed by atoms with Crippen LogP contribution in [0.5, 0.6) is 0 Å². The summed E-state index contributed by atoms with van der Waals surface area (Å²) in [5, 5.41) is 14.0. The highest BCUT2D eigenvalue weighted by Gasteiger charge is 2.18. The lowest BCUT2D eigenvalue weighted by molar-refractivity contribution is 0.0289. The van der Waals surface area contributed by atoms with Gasteiger partial charge in [0.05, 0.1) is 18.4 Å². The SMILES string of the molecule is ON=C1CCC(OCc2sccc2Br)CC1. The molecule has 0 aromatic carbocycles. The third-order valence-electron chi connectivity index (χ3n) is 2.79. The summed E-state index contributed by atoms with van der Waals surface area (Å²) < 4.78 is 6.98. The molecule has 1 aromatic rings. The lowest BCUT2D eigenvalue weighted by Crippen LogP contribution is -2.21. The van der Waals surface area contributed by atoms with Gasteiger partial charge in [-0.1, -0.05) is 5.16 Å². The van der Waals surface area contributed by atoms with Crippen molar-refractivity contribution in [1.82, 2.24) is 0 Å². The first kappa shape index (κ1) is 12.1. The first-order valence-electron chi connectivity index (χ1n) is 5.33. The van der Waals surface area contributed by atoms with Gasteiger partial charge < -0.3 is 9.94 Å². The van der Waals surface area contributed by atoms with E-state index in [0.29, 0.717) is 12.7 Å². The highest BCUT2D eigenvalue weighted by Crippen LogP contribution is 2.26. The number of rotatable bonds is 3. The maximum absolute atomic E-state index is 8.64. The van der Waals surface area contributed by atoms with Crippen molar-refractivity contribution in [3.05, 3.63) is 20.8 Å². The Morgan fingerprint density at radius 2 is 2.25 bits per heavy atom. The molecule has 1 aliphatic rings. The van der Waals surface area contributed by atoms with Gasteiger partial charge in [0.2, 0.25) is 0 Å². The highest BCUT2D eigenvalue weighted by atomic mass is 79.9. The molecule has 0 bridgehead atoms. The molecule has 2 rings (SSSR count). The summed E-state index contributed by atoms with van der Waals surface area (Å²) in [6.45, 7) is 0.675. The molecule has 1 heterocycles. The van der Waals surface area contributed by atoms with Gasteiger partial charge in [0, 0.05) is 9.35 Å². The Morgan fingerprint density at radius 3 is 2.81 bits per heavy atom. The zero-order valence-corrected chi connectivity index (χ0v) is 11.3. The van der Waals surface area contributed by atoms with Crippen molar-refractivity contribution in [3.8, 4) is 0 Å². The molecule has 0 saturated heterocycles. The first-order chi connectivity index (χ1) is 7.79. The van der Waals surface area contributed by atoms with Crippen molar-refractivity contribution in [3.63, 3.8) is 0 Å². The van der Waals surface area contributed by atoms with E-state index in [-0.39, 0.29) is 0 Å². The predicted octanol–water partition coefficient (Wildman–Crippen LogP) is 3.80. The van der Waals surface area contributed by atoms with Gasteiger partial charge in [0.1, 0.15) is 0 Å². The van der Waals surface area contributed by atoms with Crippen LogP contribution in [0.4, 0.5) is 0 Å². The molecule has 1 aromatic heterocycles. The molecule has 0 aliphatic heterocycles. The number of hydrogen-bond acceptors (Lipinski definition) is 4. The van der Waals surface area contributed by atoms with E-state index >= 15 is 0 Å². The Hall–Kier alpha value is -0.390. The van der Waals surface area contributed by atoms with Crippen LogP contribution in [0.1, 0.15) is 30.6 Å². The smallest absolute Gasteiger partial charge is 0.0824 e. The minimum atomic E-state index is 0.305. The Balaban J connectivity index is 1.78. The van der Waals surface area contributed by atoms with Crippen molar-refractivity contribution in [2.24, 2.45) is 5.16 Å². The number of hydrogen-bond donors (Lipinski definition) is 1. The van der Waals surface area contributed by atoms with Crippen molar-refractivity contribution in [2.45, 2.75) is 38.4 Å². The van der Waals surface area contributed by atoms with Gasteiger partial charge in [0.15, 0.2) is 0 Å². The monoisotopic (exact) mass is 303 g/mol. The van der Waals surface area contributed by atoms with Crippen LogP contribution in [0, 0.1) is 0 Å². The average Bonchev–Trinajstić information content (AvgIpc) is 2.73. The number of halogens is 1. The van der Waals surface area contributed by atoms with E-state index in [1.807, 2.05) is 6.07 Å². The summed E-state index contributed by atoms with van der Waals surface area (Å²) in [5.41, 5.74) is 0.900. The number of thiophene rings is 1. The molecule has 16 heavy (non-hydrogen) atoms. The largest absolute Gasteiger partial charge is 0.411 e. The number of nitrogens with zero attached hydrogens (tertiary/aromatic N) is 1. The van der Waals surface area contributed by atoms with Crippen LogP contribution < -0.4 is 0 Å². The number of oxime groups is 1. The molecule has 0 spiro atoms. The van der Waals surface area contributed by atoms with Gasteiger partial charge in [0.25, 0.3) is 0 Å². The summed E-state index contributed by atoms with van der Waals surface area (Å²) in [5.74, 6) is 0. The minimum absolute atomic E-state index is 0.305. The summed E-state index contributed by atoms with van der Waals surface area (Å²) >= 11 is 5.20. The van der Waals surface area contributed by atoms with E-state index in [4.69, 9.17) is 9.94 Å². The van der Waals surface area contributed by atoms with Crippen molar-refractivity contribution >= 4 is 33.0 Å². The van der Waals surface area contributed by atoms with Crippen LogP contribution in [-0.4, -0.2) is 17.0 Å². The lowest BCUT2D eigenvalue weighted by Gasteiger charge is -2.22. The first-order valence-corrected chi connectivity index (χ1v) is 7.00. The molecular weight excluding hydrogens is 290 g/mol. The van der Waals surface area contributed by atoms with Crippen LogP contribution in [0.15, 0.2) is 21.1 Å². The third-order valence-corrected chi connectivity index (χ3v) is 4.69. The zero-order chi connectivity index (χ0) is 11.4. The molecule has 1 aliphatic carbocycles. The van der Waals surface area contributed by atoms with Crippen LogP contribution >= 0.6 is 27.3 Å². The summed E-state index contributed by atoms with van der Waals surface area (Å²) in [7, 11) is 0. The second-order valence-electron chi connectivity index (χ2n) is 3.87. The molecular formula is C11H14BrNO2S. The van der Waals surface area contributed by atoms with E-state index in [9.17, 15) is 0 Å². The summed E-state index contributed by atoms with van der Waals surface area (Å²) in [4.78, 5) is 1.24. The van der Waals surface area contributed by atoms with Crippen LogP contribution in [0.3, 0.4) is 0 Å². The molecule has 0 unspecified atom stereocenters. The molecule has 1 fully saturated rings. The molecule has 0 radical (unpaired) electrons. The van der Waals surface area contributed by atoms with Crippen molar-refractivity contribution < 1.29 is 9.94 Å². The van der Waals surface area contributed by atoms with E-state index in [1.165, 1.54) is 4.88 Å². The fraction of sp³-hybridized carbons (Fsp3) is 0.545. The van der Waals surface area contributed by atoms with Gasteiger partial charge >= 0.3 is 0 Å². The summed E-state index contributed by atoms with van der Waals surface area (Å²) in [6, 6.07) is 2.04. The Bertz CT molecular complexity index is 368. The van der Waals surface area contributed by atoms with Crippen LogP contribution in [0.2, 0.25) is 0 Å². The Labute approximate surface area is 107 Å². The standard InChI is InChI=1S/C11H14BrNO2S/c12-10-5-6-16-11(10)7-15-9-3-1-8(13-14)2-4-9/h5-6,9,14H,1-4,7H2. The minimum Gasteiger partial charge on any atom is -0.411 e. The average molecular weight is 304 g/mol. The zero-order valence-electron chi connectivity index (χ0n) is 8.86. The third kappa shape index (κ3) is 3.06. The summed E-state index contributed by atoms with van der Waals surface area (Å²) in [6.07, 6.45) is 3.93. The topological polar surface area (TPSA) is 41.8 Å². The Morgan fingerprint density at radius 1 is 1.50 bits per heavy atom. The van der Waals surface area contributed by atoms with E-state index in [1.54, 1.807) is 11.3 Å². The van der Waals surface area contributed by atoms with E-state index < -0.39 is 0 Å². The van der Waals surface area contributed by atoms with Crippen molar-refractivity contribution in [2.75, 3.05) is 0 Å². The second-order valence-corrected chi connectivity index (χ2v) is 5.72. The maximum atomic E-state index is 8.64. The normalized spacial score (nSPS) is 21.1. The second kappa shape index (κ2) is 5.80. The molecule has 88 valence electrons. The number of ether oxygens (including phenoxy) is 1. The Kier molecular flexibility index (Phi) is 4.37. The van der Waals surface area contributed by atoms with Gasteiger partial charge in [-0.05, 0) is 53.1 Å².